The molecule has 0 spiro atoms. The normalized spacial score (nSPS) is 10.1. The van der Waals surface area contributed by atoms with Crippen LogP contribution in [-0.2, 0) is 6.61 Å². The third-order valence-corrected chi connectivity index (χ3v) is 2.65. The average Bonchev–Trinajstić information content (AvgIpc) is 2.93. The number of hydrogen-bond donors (Lipinski definition) is 2. The Kier molecular flexibility index (Phi) is 4.13. The van der Waals surface area contributed by atoms with Gasteiger partial charge in [0.15, 0.2) is 0 Å². The van der Waals surface area contributed by atoms with Gasteiger partial charge in [-0.15, -0.1) is 0 Å². The molecule has 0 aliphatic rings. The summed E-state index contributed by atoms with van der Waals surface area (Å²) in [6, 6.07) is 7.37. The first-order valence-electron chi connectivity index (χ1n) is 5.93. The minimum absolute atomic E-state index is 0.0125. The van der Waals surface area contributed by atoms with Crippen molar-refractivity contribution in [1.29, 1.82) is 0 Å². The van der Waals surface area contributed by atoms with Crippen molar-refractivity contribution >= 4 is 11.9 Å². The Morgan fingerprint density at radius 2 is 1.95 bits per heavy atom. The fourth-order valence-corrected chi connectivity index (χ4v) is 1.64. The molecule has 0 atom stereocenters. The molecule has 1 aromatic carbocycles. The van der Waals surface area contributed by atoms with Crippen LogP contribution in [0.25, 0.3) is 0 Å². The van der Waals surface area contributed by atoms with E-state index in [-0.39, 0.29) is 17.9 Å². The summed E-state index contributed by atoms with van der Waals surface area (Å²) >= 11 is 0. The Labute approximate surface area is 119 Å². The second kappa shape index (κ2) is 6.00. The smallest absolute Gasteiger partial charge is 0.371 e. The highest BCUT2D eigenvalue weighted by Crippen LogP contribution is 2.23. The van der Waals surface area contributed by atoms with Gasteiger partial charge in [0.05, 0.1) is 7.11 Å². The first kappa shape index (κ1) is 14.4. The molecule has 1 heterocycles. The van der Waals surface area contributed by atoms with E-state index in [1.54, 1.807) is 6.07 Å². The highest BCUT2D eigenvalue weighted by molar-refractivity contribution is 5.93. The van der Waals surface area contributed by atoms with Crippen LogP contribution in [0.2, 0.25) is 0 Å². The number of carbonyl (C=O) groups is 2. The molecule has 3 N–H and O–H groups in total. The molecule has 0 aliphatic heterocycles. The number of furan rings is 1. The zero-order valence-electron chi connectivity index (χ0n) is 11.2. The summed E-state index contributed by atoms with van der Waals surface area (Å²) < 4.78 is 15.5. The van der Waals surface area contributed by atoms with Gasteiger partial charge in [0.25, 0.3) is 0 Å². The summed E-state index contributed by atoms with van der Waals surface area (Å²) in [6.07, 6.45) is 0. The molecular weight excluding hydrogens is 278 g/mol. The number of benzene rings is 1. The molecule has 0 aliphatic carbocycles. The van der Waals surface area contributed by atoms with Crippen LogP contribution in [0, 0.1) is 0 Å². The monoisotopic (exact) mass is 291 g/mol. The van der Waals surface area contributed by atoms with Crippen molar-refractivity contribution in [3.63, 3.8) is 0 Å². The standard InChI is InChI=1S/C14H13NO6/c1-19-10-4-8(13(15)16)5-11(6-10)20-7-9-2-3-12(21-9)14(17)18/h2-6H,7H2,1H3,(H2,15,16)(H,17,18). The number of carboxylic acid groups (broad SMARTS) is 1. The second-order valence-corrected chi connectivity index (χ2v) is 4.12. The van der Waals surface area contributed by atoms with E-state index in [1.165, 1.54) is 31.4 Å². The minimum Gasteiger partial charge on any atom is -0.497 e. The number of carbonyl (C=O) groups excluding carboxylic acids is 1. The second-order valence-electron chi connectivity index (χ2n) is 4.12. The number of aromatic carboxylic acids is 1. The van der Waals surface area contributed by atoms with Gasteiger partial charge in [-0.3, -0.25) is 4.79 Å². The predicted molar refractivity (Wildman–Crippen MR) is 71.5 cm³/mol. The number of methoxy groups -OCH3 is 1. The lowest BCUT2D eigenvalue weighted by atomic mass is 10.2. The molecular formula is C14H13NO6. The maximum absolute atomic E-state index is 11.2. The summed E-state index contributed by atoms with van der Waals surface area (Å²) in [7, 11) is 1.45. The van der Waals surface area contributed by atoms with E-state index in [9.17, 15) is 9.59 Å². The van der Waals surface area contributed by atoms with Crippen LogP contribution in [0.3, 0.4) is 0 Å². The molecule has 0 unspecified atom stereocenters. The maximum Gasteiger partial charge on any atom is 0.371 e. The fraction of sp³-hybridized carbons (Fsp3) is 0.143. The summed E-state index contributed by atoms with van der Waals surface area (Å²) in [4.78, 5) is 21.9. The highest BCUT2D eigenvalue weighted by Gasteiger charge is 2.11. The molecule has 7 heteroatoms. The Bertz CT molecular complexity index is 676. The van der Waals surface area contributed by atoms with Gasteiger partial charge in [0, 0.05) is 11.6 Å². The molecule has 0 bridgehead atoms. The summed E-state index contributed by atoms with van der Waals surface area (Å²) in [6.45, 7) is 0.0125. The van der Waals surface area contributed by atoms with E-state index >= 15 is 0 Å². The van der Waals surface area contributed by atoms with Crippen LogP contribution in [0.4, 0.5) is 0 Å². The van der Waals surface area contributed by atoms with Gasteiger partial charge in [-0.2, -0.15) is 0 Å². The number of primary amides is 1. The van der Waals surface area contributed by atoms with E-state index < -0.39 is 11.9 Å². The first-order chi connectivity index (χ1) is 9.99. The van der Waals surface area contributed by atoms with Crippen molar-refractivity contribution in [3.8, 4) is 11.5 Å². The number of carboxylic acids is 1. The van der Waals surface area contributed by atoms with Gasteiger partial charge in [0.1, 0.15) is 23.9 Å². The molecule has 0 fully saturated rings. The summed E-state index contributed by atoms with van der Waals surface area (Å²) in [5, 5.41) is 8.75. The SMILES string of the molecule is COc1cc(OCc2ccc(C(=O)O)o2)cc(C(N)=O)c1. The molecule has 110 valence electrons. The minimum atomic E-state index is -1.15. The van der Waals surface area contributed by atoms with Crippen LogP contribution < -0.4 is 15.2 Å². The molecule has 21 heavy (non-hydrogen) atoms. The van der Waals surface area contributed by atoms with E-state index in [1.807, 2.05) is 0 Å². The Hall–Kier alpha value is -2.96. The Balaban J connectivity index is 2.13. The van der Waals surface area contributed by atoms with Crippen molar-refractivity contribution in [2.75, 3.05) is 7.11 Å². The van der Waals surface area contributed by atoms with Gasteiger partial charge >= 0.3 is 5.97 Å². The topological polar surface area (TPSA) is 112 Å². The van der Waals surface area contributed by atoms with Crippen LogP contribution in [0.15, 0.2) is 34.7 Å². The third-order valence-electron chi connectivity index (χ3n) is 2.65. The Morgan fingerprint density at radius 1 is 1.24 bits per heavy atom. The van der Waals surface area contributed by atoms with Crippen molar-refractivity contribution in [3.05, 3.63) is 47.4 Å². The van der Waals surface area contributed by atoms with E-state index in [0.29, 0.717) is 17.3 Å². The molecule has 0 saturated carbocycles. The van der Waals surface area contributed by atoms with Gasteiger partial charge in [-0.25, -0.2) is 4.79 Å². The molecule has 2 rings (SSSR count). The first-order valence-corrected chi connectivity index (χ1v) is 5.93. The van der Waals surface area contributed by atoms with Crippen LogP contribution in [-0.4, -0.2) is 24.1 Å². The predicted octanol–water partition coefficient (Wildman–Crippen LogP) is 1.66. The largest absolute Gasteiger partial charge is 0.497 e. The number of nitrogens with two attached hydrogens (primary N) is 1. The van der Waals surface area contributed by atoms with Crippen molar-refractivity contribution < 1.29 is 28.6 Å². The molecule has 7 nitrogen and oxygen atoms in total. The van der Waals surface area contributed by atoms with Crippen molar-refractivity contribution in [1.82, 2.24) is 0 Å². The van der Waals surface area contributed by atoms with E-state index in [2.05, 4.69) is 0 Å². The van der Waals surface area contributed by atoms with Gasteiger partial charge in [-0.1, -0.05) is 0 Å². The number of rotatable bonds is 6. The Morgan fingerprint density at radius 3 is 2.52 bits per heavy atom. The van der Waals surface area contributed by atoms with Crippen LogP contribution >= 0.6 is 0 Å². The molecule has 2 aromatic rings. The molecule has 1 aromatic heterocycles. The average molecular weight is 291 g/mol. The van der Waals surface area contributed by atoms with Crippen LogP contribution in [0.5, 0.6) is 11.5 Å². The molecule has 1 amide bonds. The zero-order chi connectivity index (χ0) is 15.4. The van der Waals surface area contributed by atoms with Gasteiger partial charge < -0.3 is 24.7 Å². The van der Waals surface area contributed by atoms with Crippen molar-refractivity contribution in [2.45, 2.75) is 6.61 Å². The lowest BCUT2D eigenvalue weighted by molar-refractivity contribution is 0.0658. The van der Waals surface area contributed by atoms with Crippen LogP contribution in [0.1, 0.15) is 26.7 Å². The van der Waals surface area contributed by atoms with Crippen molar-refractivity contribution in [2.24, 2.45) is 5.73 Å². The lowest BCUT2D eigenvalue weighted by Crippen LogP contribution is -2.11. The molecule has 0 radical (unpaired) electrons. The summed E-state index contributed by atoms with van der Waals surface area (Å²) in [5.41, 5.74) is 5.46. The molecule has 0 saturated heterocycles. The summed E-state index contributed by atoms with van der Waals surface area (Å²) in [5.74, 6) is -0.806. The highest BCUT2D eigenvalue weighted by atomic mass is 16.5. The van der Waals surface area contributed by atoms with Gasteiger partial charge in [0.2, 0.25) is 11.7 Å². The van der Waals surface area contributed by atoms with E-state index in [0.717, 1.165) is 0 Å². The quantitative estimate of drug-likeness (QED) is 0.837. The van der Waals surface area contributed by atoms with E-state index in [4.69, 9.17) is 24.7 Å². The zero-order valence-corrected chi connectivity index (χ0v) is 11.2. The lowest BCUT2D eigenvalue weighted by Gasteiger charge is -2.08. The third kappa shape index (κ3) is 3.53. The maximum atomic E-state index is 11.2. The number of hydrogen-bond acceptors (Lipinski definition) is 5. The number of amides is 1. The van der Waals surface area contributed by atoms with Gasteiger partial charge in [-0.05, 0) is 24.3 Å². The fourth-order valence-electron chi connectivity index (χ4n) is 1.64. The number of ether oxygens (including phenoxy) is 2.